The molecule has 9 heteroatoms. The van der Waals surface area contributed by atoms with Gasteiger partial charge >= 0.3 is 0 Å². The summed E-state index contributed by atoms with van der Waals surface area (Å²) in [6, 6.07) is 4.15. The van der Waals surface area contributed by atoms with E-state index in [1.165, 1.54) is 36.7 Å². The number of hydrogen-bond donors (Lipinski definition) is 2. The van der Waals surface area contributed by atoms with Crippen molar-refractivity contribution in [2.24, 2.45) is 5.73 Å². The normalized spacial score (nSPS) is 13.9. The molecular formula is C22H24F2N4O2S. The predicted molar refractivity (Wildman–Crippen MR) is 119 cm³/mol. The Morgan fingerprint density at radius 1 is 1.42 bits per heavy atom. The lowest BCUT2D eigenvalue weighted by Crippen LogP contribution is -2.43. The number of ether oxygens (including phenoxy) is 1. The Labute approximate surface area is 182 Å². The van der Waals surface area contributed by atoms with Gasteiger partial charge in [0.15, 0.2) is 12.4 Å². The summed E-state index contributed by atoms with van der Waals surface area (Å²) < 4.78 is 45.7. The largest absolute Gasteiger partial charge is 0.463 e. The van der Waals surface area contributed by atoms with Crippen molar-refractivity contribution in [2.45, 2.75) is 31.4 Å². The Morgan fingerprint density at radius 3 is 2.71 bits per heavy atom. The molecule has 1 aromatic carbocycles. The molecule has 0 saturated heterocycles. The number of terminal acetylenes is 1. The Balaban J connectivity index is 2.22. The van der Waals surface area contributed by atoms with Crippen molar-refractivity contribution in [3.8, 4) is 18.2 Å². The zero-order valence-corrected chi connectivity index (χ0v) is 18.3. The Hall–Kier alpha value is -3.12. The van der Waals surface area contributed by atoms with E-state index in [0.29, 0.717) is 11.1 Å². The minimum atomic E-state index is -1.50. The molecule has 164 valence electrons. The van der Waals surface area contributed by atoms with Gasteiger partial charge in [-0.1, -0.05) is 18.9 Å². The molecule has 6 nitrogen and oxygen atoms in total. The molecule has 1 aromatic heterocycles. The maximum absolute atomic E-state index is 14.6. The van der Waals surface area contributed by atoms with Crippen LogP contribution in [0.2, 0.25) is 0 Å². The van der Waals surface area contributed by atoms with E-state index in [1.54, 1.807) is 20.8 Å². The van der Waals surface area contributed by atoms with E-state index >= 15 is 0 Å². The van der Waals surface area contributed by atoms with E-state index in [-0.39, 0.29) is 29.8 Å². The van der Waals surface area contributed by atoms with E-state index in [1.807, 2.05) is 0 Å². The Kier molecular flexibility index (Phi) is 8.00. The number of nitrogens with two attached hydrogens (primary N) is 1. The van der Waals surface area contributed by atoms with Crippen LogP contribution >= 0.6 is 0 Å². The molecule has 0 fully saturated rings. The smallest absolute Gasteiger partial charge is 0.233 e. The molecular weight excluding hydrogens is 422 g/mol. The van der Waals surface area contributed by atoms with Gasteiger partial charge in [-0.3, -0.25) is 9.62 Å². The van der Waals surface area contributed by atoms with Crippen molar-refractivity contribution in [3.05, 3.63) is 53.2 Å². The van der Waals surface area contributed by atoms with Gasteiger partial charge in [-0.05, 0) is 49.1 Å². The topological polar surface area (TPSA) is 102 Å². The molecule has 31 heavy (non-hydrogen) atoms. The molecule has 2 atom stereocenters. The molecule has 0 amide bonds. The first-order chi connectivity index (χ1) is 14.6. The van der Waals surface area contributed by atoms with Gasteiger partial charge < -0.3 is 10.5 Å². The van der Waals surface area contributed by atoms with Crippen LogP contribution in [0.1, 0.15) is 43.5 Å². The predicted octanol–water partition coefficient (Wildman–Crippen LogP) is 3.66. The standard InChI is InChI=1S/C22H24F2N4O2S/c1-5-8-30-20-12-27-19(11-28-20)18(24)10-15-6-7-17(23)16(9-15)14(2)13-31(29)22(3,4)21(25)26/h1,6-7,9-12,14H,8,13H2,2-4H3,(H3,25,26)/b18-10-. The second-order valence-corrected chi connectivity index (χ2v) is 9.39. The maximum atomic E-state index is 14.6. The number of amidine groups is 1. The molecule has 0 spiro atoms. The van der Waals surface area contributed by atoms with E-state index in [4.69, 9.17) is 22.3 Å². The van der Waals surface area contributed by atoms with Gasteiger partial charge in [-0.2, -0.15) is 0 Å². The zero-order chi connectivity index (χ0) is 23.2. The summed E-state index contributed by atoms with van der Waals surface area (Å²) in [5.74, 6) is 0.770. The fourth-order valence-corrected chi connectivity index (χ4v) is 3.82. The second kappa shape index (κ2) is 10.3. The van der Waals surface area contributed by atoms with Gasteiger partial charge in [-0.25, -0.2) is 18.7 Å². The highest BCUT2D eigenvalue weighted by molar-refractivity contribution is 7.87. The van der Waals surface area contributed by atoms with Gasteiger partial charge in [0.1, 0.15) is 17.3 Å². The Bertz CT molecular complexity index is 1050. The van der Waals surface area contributed by atoms with Crippen molar-refractivity contribution in [2.75, 3.05) is 12.4 Å². The van der Waals surface area contributed by atoms with Crippen molar-refractivity contribution < 1.29 is 17.7 Å². The summed E-state index contributed by atoms with van der Waals surface area (Å²) in [4.78, 5) is 7.87. The third-order valence-corrected chi connectivity index (χ3v) is 6.80. The highest BCUT2D eigenvalue weighted by atomic mass is 32.2. The molecule has 1 heterocycles. The highest BCUT2D eigenvalue weighted by Gasteiger charge is 2.31. The van der Waals surface area contributed by atoms with Crippen molar-refractivity contribution in [3.63, 3.8) is 0 Å². The summed E-state index contributed by atoms with van der Waals surface area (Å²) in [6.07, 6.45) is 8.76. The summed E-state index contributed by atoms with van der Waals surface area (Å²) in [6.45, 7) is 4.95. The lowest BCUT2D eigenvalue weighted by atomic mass is 9.99. The van der Waals surface area contributed by atoms with Gasteiger partial charge in [-0.15, -0.1) is 6.42 Å². The fourth-order valence-electron chi connectivity index (χ4n) is 2.53. The number of halogens is 2. The molecule has 0 bridgehead atoms. The fraction of sp³-hybridized carbons (Fsp3) is 0.318. The molecule has 0 aliphatic heterocycles. The van der Waals surface area contributed by atoms with Crippen LogP contribution in [0, 0.1) is 23.6 Å². The third kappa shape index (κ3) is 6.18. The highest BCUT2D eigenvalue weighted by Crippen LogP contribution is 2.26. The molecule has 3 N–H and O–H groups in total. The molecule has 2 unspecified atom stereocenters. The van der Waals surface area contributed by atoms with E-state index in [2.05, 4.69) is 15.9 Å². The quantitative estimate of drug-likeness (QED) is 0.348. The van der Waals surface area contributed by atoms with Crippen molar-refractivity contribution in [1.29, 1.82) is 5.41 Å². The first-order valence-corrected chi connectivity index (χ1v) is 10.7. The third-order valence-electron chi connectivity index (χ3n) is 4.64. The number of nitrogens with zero attached hydrogens (tertiary/aromatic N) is 2. The van der Waals surface area contributed by atoms with Crippen LogP contribution in [-0.4, -0.2) is 37.1 Å². The van der Waals surface area contributed by atoms with Gasteiger partial charge in [0.05, 0.1) is 17.1 Å². The van der Waals surface area contributed by atoms with E-state index in [9.17, 15) is 13.0 Å². The Morgan fingerprint density at radius 2 is 2.13 bits per heavy atom. The molecule has 0 radical (unpaired) electrons. The van der Waals surface area contributed by atoms with Crippen LogP contribution in [0.4, 0.5) is 8.78 Å². The van der Waals surface area contributed by atoms with Crippen LogP contribution in [0.25, 0.3) is 11.9 Å². The number of hydrogen-bond acceptors (Lipinski definition) is 5. The van der Waals surface area contributed by atoms with Gasteiger partial charge in [0.2, 0.25) is 5.88 Å². The average Bonchev–Trinajstić information content (AvgIpc) is 2.73. The molecule has 2 aromatic rings. The first kappa shape index (κ1) is 24.2. The lowest BCUT2D eigenvalue weighted by molar-refractivity contribution is 0.353. The van der Waals surface area contributed by atoms with Crippen LogP contribution < -0.4 is 10.5 Å². The molecule has 2 rings (SSSR count). The summed E-state index contributed by atoms with van der Waals surface area (Å²) >= 11 is 0. The monoisotopic (exact) mass is 446 g/mol. The van der Waals surface area contributed by atoms with Crippen molar-refractivity contribution >= 4 is 28.5 Å². The first-order valence-electron chi connectivity index (χ1n) is 9.34. The number of nitrogens with one attached hydrogen (secondary N) is 1. The average molecular weight is 447 g/mol. The second-order valence-electron chi connectivity index (χ2n) is 7.34. The van der Waals surface area contributed by atoms with Crippen LogP contribution in [0.3, 0.4) is 0 Å². The number of aromatic nitrogens is 2. The van der Waals surface area contributed by atoms with Gasteiger partial charge in [0, 0.05) is 16.6 Å². The summed E-state index contributed by atoms with van der Waals surface area (Å²) in [5, 5.41) is 7.59. The SMILES string of the molecule is C#CCOc1cnc(/C(F)=C/c2ccc(F)c(C(C)CS(=O)C(C)(C)C(=N)N)c2)cn1. The zero-order valence-electron chi connectivity index (χ0n) is 17.5. The maximum Gasteiger partial charge on any atom is 0.233 e. The minimum absolute atomic E-state index is 0.0173. The minimum Gasteiger partial charge on any atom is -0.463 e. The van der Waals surface area contributed by atoms with Gasteiger partial charge in [0.25, 0.3) is 0 Å². The van der Waals surface area contributed by atoms with Crippen LogP contribution in [0.5, 0.6) is 5.88 Å². The molecule has 0 saturated carbocycles. The molecule has 0 aliphatic carbocycles. The molecule has 0 aliphatic rings. The van der Waals surface area contributed by atoms with E-state index in [0.717, 1.165) is 0 Å². The number of rotatable bonds is 9. The van der Waals surface area contributed by atoms with Crippen LogP contribution in [-0.2, 0) is 10.8 Å². The summed E-state index contributed by atoms with van der Waals surface area (Å²) in [5.41, 5.74) is 6.20. The lowest BCUT2D eigenvalue weighted by Gasteiger charge is -2.24. The van der Waals surface area contributed by atoms with Crippen LogP contribution in [0.15, 0.2) is 30.6 Å². The summed E-state index contributed by atoms with van der Waals surface area (Å²) in [7, 11) is -1.50. The van der Waals surface area contributed by atoms with Crippen molar-refractivity contribution in [1.82, 2.24) is 9.97 Å². The van der Waals surface area contributed by atoms with E-state index < -0.39 is 33.1 Å². The number of benzene rings is 1.